The summed E-state index contributed by atoms with van der Waals surface area (Å²) in [6, 6.07) is 0. The van der Waals surface area contributed by atoms with Crippen molar-refractivity contribution in [3.8, 4) is 0 Å². The number of aliphatic hydroxyl groups is 2. The van der Waals surface area contributed by atoms with Gasteiger partial charge in [-0.05, 0) is 44.9 Å². The summed E-state index contributed by atoms with van der Waals surface area (Å²) in [7, 11) is 0. The van der Waals surface area contributed by atoms with Gasteiger partial charge in [0.1, 0.15) is 13.1 Å². The van der Waals surface area contributed by atoms with Crippen LogP contribution in [0.4, 0.5) is 0 Å². The summed E-state index contributed by atoms with van der Waals surface area (Å²) in [6.45, 7) is 3.97. The number of carbonyl (C=O) groups excluding carboxylic acids is 1. The lowest BCUT2D eigenvalue weighted by molar-refractivity contribution is -0.929. The first-order chi connectivity index (χ1) is 19.0. The van der Waals surface area contributed by atoms with Crippen molar-refractivity contribution in [3.63, 3.8) is 0 Å². The number of hydrogen-bond donors (Lipinski definition) is 3. The van der Waals surface area contributed by atoms with Crippen LogP contribution in [0.5, 0.6) is 0 Å². The molecule has 7 nitrogen and oxygen atoms in total. The van der Waals surface area contributed by atoms with Crippen LogP contribution in [-0.4, -0.2) is 71.1 Å². The molecule has 232 valence electrons. The summed E-state index contributed by atoms with van der Waals surface area (Å²) in [5, 5.41) is 38.5. The van der Waals surface area contributed by atoms with E-state index in [0.29, 0.717) is 6.42 Å². The lowest BCUT2D eigenvalue weighted by Gasteiger charge is -2.38. The molecule has 0 amide bonds. The summed E-state index contributed by atoms with van der Waals surface area (Å²) >= 11 is 0. The number of nitrogens with zero attached hydrogens (tertiary/aromatic N) is 1. The van der Waals surface area contributed by atoms with Gasteiger partial charge in [-0.2, -0.15) is 0 Å². The molecule has 7 heteroatoms. The highest BCUT2D eigenvalue weighted by atomic mass is 16.4. The van der Waals surface area contributed by atoms with Gasteiger partial charge in [0.2, 0.25) is 0 Å². The molecule has 0 bridgehead atoms. The number of hydrogen-bond acceptors (Lipinski definition) is 5. The van der Waals surface area contributed by atoms with Gasteiger partial charge in [-0.25, -0.2) is 0 Å². The summed E-state index contributed by atoms with van der Waals surface area (Å²) < 4.78 is 0.854. The van der Waals surface area contributed by atoms with E-state index in [2.05, 4.69) is 0 Å². The molecular weight excluding hydrogens is 494 g/mol. The van der Waals surface area contributed by atoms with E-state index in [1.165, 1.54) is 89.9 Å². The van der Waals surface area contributed by atoms with Crippen molar-refractivity contribution >= 4 is 11.9 Å². The maximum absolute atomic E-state index is 10.5. The van der Waals surface area contributed by atoms with Crippen LogP contribution in [0.25, 0.3) is 0 Å². The van der Waals surface area contributed by atoms with Gasteiger partial charge in [0.05, 0.1) is 26.3 Å². The van der Waals surface area contributed by atoms with Crippen LogP contribution in [0.2, 0.25) is 0 Å². The molecule has 0 rings (SSSR count). The standard InChI is InChI=1S/C32H63NO6/c34-29-27-33(28-30-35,25-21-17-13-9-5-1-3-7-11-15-19-23-31(36)37)26-22-18-14-10-6-2-4-8-12-16-20-24-32(38)39/h34-35H,1-30H2,(H-,36,37,38,39). The lowest BCUT2D eigenvalue weighted by Crippen LogP contribution is -2.52. The molecule has 0 saturated heterocycles. The second-order valence-electron chi connectivity index (χ2n) is 11.7. The average molecular weight is 558 g/mol. The van der Waals surface area contributed by atoms with E-state index < -0.39 is 11.9 Å². The minimum absolute atomic E-state index is 0.184. The number of aliphatic carboxylic acids is 2. The van der Waals surface area contributed by atoms with Crippen LogP contribution < -0.4 is 5.11 Å². The lowest BCUT2D eigenvalue weighted by atomic mass is 10.0. The maximum atomic E-state index is 10.5. The molecule has 39 heavy (non-hydrogen) atoms. The molecule has 0 fully saturated rings. The van der Waals surface area contributed by atoms with Crippen LogP contribution in [0, 0.1) is 0 Å². The van der Waals surface area contributed by atoms with Crippen molar-refractivity contribution < 1.29 is 34.5 Å². The smallest absolute Gasteiger partial charge is 0.303 e. The van der Waals surface area contributed by atoms with Crippen molar-refractivity contribution in [2.24, 2.45) is 0 Å². The average Bonchev–Trinajstić information content (AvgIpc) is 2.89. The second kappa shape index (κ2) is 28.4. The predicted molar refractivity (Wildman–Crippen MR) is 157 cm³/mol. The van der Waals surface area contributed by atoms with Gasteiger partial charge < -0.3 is 29.7 Å². The Morgan fingerprint density at radius 2 is 0.718 bits per heavy atom. The maximum Gasteiger partial charge on any atom is 0.303 e. The Balaban J connectivity index is 3.82. The molecule has 0 atom stereocenters. The van der Waals surface area contributed by atoms with Crippen molar-refractivity contribution in [2.75, 3.05) is 39.4 Å². The summed E-state index contributed by atoms with van der Waals surface area (Å²) in [6.07, 6.45) is 26.2. The van der Waals surface area contributed by atoms with Crippen LogP contribution in [0.15, 0.2) is 0 Å². The van der Waals surface area contributed by atoms with Gasteiger partial charge >= 0.3 is 5.97 Å². The molecule has 3 N–H and O–H groups in total. The molecule has 0 saturated carbocycles. The first-order valence-electron chi connectivity index (χ1n) is 16.4. The zero-order chi connectivity index (χ0) is 28.9. The van der Waals surface area contributed by atoms with Crippen LogP contribution in [0.3, 0.4) is 0 Å². The van der Waals surface area contributed by atoms with E-state index in [1.807, 2.05) is 0 Å². The van der Waals surface area contributed by atoms with Crippen LogP contribution >= 0.6 is 0 Å². The molecule has 0 spiro atoms. The normalized spacial score (nSPS) is 11.7. The molecule has 0 aromatic carbocycles. The van der Waals surface area contributed by atoms with Gasteiger partial charge in [0.25, 0.3) is 0 Å². The fourth-order valence-corrected chi connectivity index (χ4v) is 5.72. The van der Waals surface area contributed by atoms with E-state index in [-0.39, 0.29) is 19.6 Å². The summed E-state index contributed by atoms with van der Waals surface area (Å²) in [5.41, 5.74) is 0. The Labute approximate surface area is 240 Å². The first-order valence-corrected chi connectivity index (χ1v) is 16.4. The highest BCUT2D eigenvalue weighted by Crippen LogP contribution is 2.17. The van der Waals surface area contributed by atoms with Crippen LogP contribution in [0.1, 0.15) is 154 Å². The Bertz CT molecular complexity index is 509. The van der Waals surface area contributed by atoms with Crippen molar-refractivity contribution in [2.45, 2.75) is 154 Å². The molecule has 0 aliphatic rings. The van der Waals surface area contributed by atoms with Crippen molar-refractivity contribution in [1.82, 2.24) is 0 Å². The molecular formula is C32H63NO6. The monoisotopic (exact) mass is 557 g/mol. The molecule has 0 aromatic rings. The zero-order valence-electron chi connectivity index (χ0n) is 25.2. The number of rotatable bonds is 32. The highest BCUT2D eigenvalue weighted by Gasteiger charge is 2.25. The van der Waals surface area contributed by atoms with Gasteiger partial charge in [-0.1, -0.05) is 103 Å². The Hall–Kier alpha value is -1.18. The van der Waals surface area contributed by atoms with Gasteiger partial charge in [0.15, 0.2) is 0 Å². The fraction of sp³-hybridized carbons (Fsp3) is 0.938. The molecule has 0 radical (unpaired) electrons. The van der Waals surface area contributed by atoms with E-state index in [4.69, 9.17) is 5.11 Å². The van der Waals surface area contributed by atoms with Crippen molar-refractivity contribution in [1.29, 1.82) is 0 Å². The van der Waals surface area contributed by atoms with E-state index in [9.17, 15) is 24.9 Å². The van der Waals surface area contributed by atoms with E-state index in [0.717, 1.165) is 82.0 Å². The second-order valence-corrected chi connectivity index (χ2v) is 11.7. The summed E-state index contributed by atoms with van der Waals surface area (Å²) in [4.78, 5) is 20.9. The Morgan fingerprint density at radius 3 is 1.00 bits per heavy atom. The minimum atomic E-state index is -0.933. The molecule has 0 aliphatic carbocycles. The Kier molecular flexibility index (Phi) is 27.5. The molecule has 0 aliphatic heterocycles. The Morgan fingerprint density at radius 1 is 0.436 bits per heavy atom. The number of carboxylic acids is 2. The zero-order valence-corrected chi connectivity index (χ0v) is 25.2. The third-order valence-corrected chi connectivity index (χ3v) is 8.19. The first kappa shape index (κ1) is 37.8. The highest BCUT2D eigenvalue weighted by molar-refractivity contribution is 5.66. The van der Waals surface area contributed by atoms with Crippen LogP contribution in [-0.2, 0) is 9.59 Å². The minimum Gasteiger partial charge on any atom is -0.550 e. The summed E-state index contributed by atoms with van der Waals surface area (Å²) in [5.74, 6) is -1.62. The topological polar surface area (TPSA) is 118 Å². The van der Waals surface area contributed by atoms with Gasteiger partial charge in [-0.15, -0.1) is 0 Å². The number of unbranched alkanes of at least 4 members (excludes halogenated alkanes) is 20. The third kappa shape index (κ3) is 26.8. The van der Waals surface area contributed by atoms with E-state index in [1.54, 1.807) is 0 Å². The fourth-order valence-electron chi connectivity index (χ4n) is 5.72. The molecule has 0 heterocycles. The number of carboxylic acid groups (broad SMARTS) is 2. The SMILES string of the molecule is O=C([O-])CCCCCCCCCCCCC[N+](CCO)(CCO)CCCCCCCCCCCCCC(=O)O. The molecule has 0 unspecified atom stereocenters. The number of aliphatic hydroxyl groups excluding tert-OH is 2. The quantitative estimate of drug-likeness (QED) is 0.0691. The predicted octanol–water partition coefficient (Wildman–Crippen LogP) is 5.98. The molecule has 0 aromatic heterocycles. The third-order valence-electron chi connectivity index (χ3n) is 8.19. The number of carbonyl (C=O) groups is 2. The largest absolute Gasteiger partial charge is 0.550 e. The van der Waals surface area contributed by atoms with Crippen molar-refractivity contribution in [3.05, 3.63) is 0 Å². The van der Waals surface area contributed by atoms with Gasteiger partial charge in [0, 0.05) is 12.4 Å². The van der Waals surface area contributed by atoms with Gasteiger partial charge in [-0.3, -0.25) is 4.79 Å². The van der Waals surface area contributed by atoms with E-state index >= 15 is 0 Å². The number of quaternary nitrogens is 1.